The van der Waals surface area contributed by atoms with Gasteiger partial charge in [-0.05, 0) is 44.0 Å². The van der Waals surface area contributed by atoms with Crippen molar-refractivity contribution in [3.05, 3.63) is 29.8 Å². The summed E-state index contributed by atoms with van der Waals surface area (Å²) < 4.78 is 0. The minimum Gasteiger partial charge on any atom is -0.370 e. The first kappa shape index (κ1) is 15.6. The van der Waals surface area contributed by atoms with Crippen LogP contribution in [0.15, 0.2) is 29.3 Å². The van der Waals surface area contributed by atoms with Gasteiger partial charge in [0.1, 0.15) is 0 Å². The predicted molar refractivity (Wildman–Crippen MR) is 89.7 cm³/mol. The van der Waals surface area contributed by atoms with Gasteiger partial charge in [0.25, 0.3) is 0 Å². The number of nitrogens with two attached hydrogens (primary N) is 2. The number of benzene rings is 1. The zero-order chi connectivity index (χ0) is 15.1. The van der Waals surface area contributed by atoms with Crippen LogP contribution in [0.5, 0.6) is 0 Å². The van der Waals surface area contributed by atoms with E-state index in [2.05, 4.69) is 46.0 Å². The molecule has 0 bridgehead atoms. The number of aliphatic imine (C=N–C) groups is 1. The van der Waals surface area contributed by atoms with Gasteiger partial charge < -0.3 is 16.4 Å². The molecule has 0 aromatic heterocycles. The highest BCUT2D eigenvalue weighted by atomic mass is 15.3. The average molecular weight is 289 g/mol. The lowest BCUT2D eigenvalue weighted by Crippen LogP contribution is -2.46. The van der Waals surface area contributed by atoms with Crippen molar-refractivity contribution in [2.45, 2.75) is 19.8 Å². The molecule has 1 fully saturated rings. The van der Waals surface area contributed by atoms with E-state index in [1.165, 1.54) is 11.3 Å². The van der Waals surface area contributed by atoms with Crippen molar-refractivity contribution in [2.24, 2.45) is 16.5 Å². The molecule has 4 N–H and O–H groups in total. The third-order valence-electron chi connectivity index (χ3n) is 3.92. The Morgan fingerprint density at radius 2 is 1.90 bits per heavy atom. The topological polar surface area (TPSA) is 70.9 Å². The van der Waals surface area contributed by atoms with E-state index in [9.17, 15) is 0 Å². The van der Waals surface area contributed by atoms with Crippen LogP contribution in [0.3, 0.4) is 0 Å². The molecule has 1 aromatic rings. The summed E-state index contributed by atoms with van der Waals surface area (Å²) in [6.45, 7) is 8.52. The van der Waals surface area contributed by atoms with Crippen molar-refractivity contribution in [2.75, 3.05) is 44.2 Å². The summed E-state index contributed by atoms with van der Waals surface area (Å²) in [5.41, 5.74) is 13.3. The van der Waals surface area contributed by atoms with Gasteiger partial charge in [-0.3, -0.25) is 9.89 Å². The number of hydrogen-bond donors (Lipinski definition) is 2. The molecule has 0 atom stereocenters. The molecule has 5 heteroatoms. The smallest absolute Gasteiger partial charge is 0.185 e. The third-order valence-corrected chi connectivity index (χ3v) is 3.92. The summed E-state index contributed by atoms with van der Waals surface area (Å²) in [4.78, 5) is 9.02. The minimum absolute atomic E-state index is 0.196. The van der Waals surface area contributed by atoms with Gasteiger partial charge in [0.15, 0.2) is 5.96 Å². The van der Waals surface area contributed by atoms with Gasteiger partial charge in [-0.2, -0.15) is 0 Å². The highest BCUT2D eigenvalue weighted by Crippen LogP contribution is 2.17. The van der Waals surface area contributed by atoms with Gasteiger partial charge in [0.05, 0.1) is 0 Å². The summed E-state index contributed by atoms with van der Waals surface area (Å²) in [5, 5.41) is 0. The number of rotatable bonds is 6. The Morgan fingerprint density at radius 3 is 2.57 bits per heavy atom. The number of nitrogens with zero attached hydrogens (tertiary/aromatic N) is 3. The van der Waals surface area contributed by atoms with Crippen LogP contribution in [-0.4, -0.2) is 50.1 Å². The molecule has 21 heavy (non-hydrogen) atoms. The van der Waals surface area contributed by atoms with E-state index in [1.54, 1.807) is 0 Å². The molecule has 116 valence electrons. The molecule has 1 aromatic carbocycles. The fourth-order valence-corrected chi connectivity index (χ4v) is 2.71. The van der Waals surface area contributed by atoms with Crippen LogP contribution in [0, 0.1) is 6.92 Å². The molecule has 5 nitrogen and oxygen atoms in total. The van der Waals surface area contributed by atoms with Crippen LogP contribution in [0.1, 0.15) is 18.4 Å². The van der Waals surface area contributed by atoms with E-state index in [0.717, 1.165) is 52.1 Å². The SMILES string of the molecule is Cc1cccc(N2CCN(CCCCN=C(N)N)CC2)c1. The molecular weight excluding hydrogens is 262 g/mol. The monoisotopic (exact) mass is 289 g/mol. The molecule has 0 aliphatic carbocycles. The highest BCUT2D eigenvalue weighted by Gasteiger charge is 2.16. The van der Waals surface area contributed by atoms with E-state index >= 15 is 0 Å². The third kappa shape index (κ3) is 5.27. The largest absolute Gasteiger partial charge is 0.370 e. The van der Waals surface area contributed by atoms with Crippen molar-refractivity contribution < 1.29 is 0 Å². The van der Waals surface area contributed by atoms with Crippen molar-refractivity contribution in [3.63, 3.8) is 0 Å². The molecule has 0 saturated carbocycles. The molecule has 1 aliphatic rings. The van der Waals surface area contributed by atoms with Crippen LogP contribution in [-0.2, 0) is 0 Å². The lowest BCUT2D eigenvalue weighted by atomic mass is 10.2. The lowest BCUT2D eigenvalue weighted by molar-refractivity contribution is 0.253. The Kier molecular flexibility index (Phi) is 5.87. The second kappa shape index (κ2) is 7.88. The Bertz CT molecular complexity index is 459. The van der Waals surface area contributed by atoms with Crippen LogP contribution in [0.2, 0.25) is 0 Å². The van der Waals surface area contributed by atoms with Gasteiger partial charge in [0, 0.05) is 38.4 Å². The first-order valence-corrected chi connectivity index (χ1v) is 7.74. The van der Waals surface area contributed by atoms with Gasteiger partial charge in [-0.15, -0.1) is 0 Å². The number of anilines is 1. The number of piperazine rings is 1. The number of aryl methyl sites for hydroxylation is 1. The predicted octanol–water partition coefficient (Wildman–Crippen LogP) is 1.17. The van der Waals surface area contributed by atoms with Gasteiger partial charge in [-0.1, -0.05) is 12.1 Å². The van der Waals surface area contributed by atoms with E-state index in [0.29, 0.717) is 0 Å². The molecule has 0 spiro atoms. The van der Waals surface area contributed by atoms with E-state index < -0.39 is 0 Å². The molecule has 1 saturated heterocycles. The molecular formula is C16H27N5. The quantitative estimate of drug-likeness (QED) is 0.468. The Balaban J connectivity index is 1.67. The lowest BCUT2D eigenvalue weighted by Gasteiger charge is -2.36. The summed E-state index contributed by atoms with van der Waals surface area (Å²) in [5.74, 6) is 0.196. The average Bonchev–Trinajstić information content (AvgIpc) is 2.47. The number of unbranched alkanes of at least 4 members (excludes halogenated alkanes) is 1. The molecule has 1 heterocycles. The molecule has 0 unspecified atom stereocenters. The standard InChI is InChI=1S/C16H27N5/c1-14-5-4-6-15(13-14)21-11-9-20(10-12-21)8-3-2-7-19-16(17)18/h4-6,13H,2-3,7-12H2,1H3,(H4,17,18,19). The molecule has 0 radical (unpaired) electrons. The maximum absolute atomic E-state index is 5.31. The van der Waals surface area contributed by atoms with Gasteiger partial charge in [0.2, 0.25) is 0 Å². The molecule has 1 aliphatic heterocycles. The summed E-state index contributed by atoms with van der Waals surface area (Å²) in [6, 6.07) is 8.76. The first-order chi connectivity index (χ1) is 10.1. The molecule has 0 amide bonds. The fraction of sp³-hybridized carbons (Fsp3) is 0.562. The first-order valence-electron chi connectivity index (χ1n) is 7.74. The second-order valence-electron chi connectivity index (χ2n) is 5.68. The van der Waals surface area contributed by atoms with Crippen LogP contribution < -0.4 is 16.4 Å². The Morgan fingerprint density at radius 1 is 1.14 bits per heavy atom. The van der Waals surface area contributed by atoms with Crippen LogP contribution in [0.25, 0.3) is 0 Å². The Hall–Kier alpha value is -1.75. The van der Waals surface area contributed by atoms with Crippen LogP contribution in [0.4, 0.5) is 5.69 Å². The van der Waals surface area contributed by atoms with Crippen molar-refractivity contribution in [3.8, 4) is 0 Å². The summed E-state index contributed by atoms with van der Waals surface area (Å²) in [7, 11) is 0. The zero-order valence-electron chi connectivity index (χ0n) is 13.0. The van der Waals surface area contributed by atoms with Gasteiger partial charge in [-0.25, -0.2) is 0 Å². The van der Waals surface area contributed by atoms with E-state index in [1.807, 2.05) is 0 Å². The second-order valence-corrected chi connectivity index (χ2v) is 5.68. The summed E-state index contributed by atoms with van der Waals surface area (Å²) >= 11 is 0. The Labute approximate surface area is 127 Å². The van der Waals surface area contributed by atoms with E-state index in [4.69, 9.17) is 11.5 Å². The van der Waals surface area contributed by atoms with E-state index in [-0.39, 0.29) is 5.96 Å². The van der Waals surface area contributed by atoms with Crippen molar-refractivity contribution in [1.82, 2.24) is 4.90 Å². The van der Waals surface area contributed by atoms with Crippen molar-refractivity contribution in [1.29, 1.82) is 0 Å². The highest BCUT2D eigenvalue weighted by molar-refractivity contribution is 5.75. The number of guanidine groups is 1. The molecule has 2 rings (SSSR count). The zero-order valence-corrected chi connectivity index (χ0v) is 13.0. The maximum atomic E-state index is 5.31. The van der Waals surface area contributed by atoms with Crippen LogP contribution >= 0.6 is 0 Å². The fourth-order valence-electron chi connectivity index (χ4n) is 2.71. The minimum atomic E-state index is 0.196. The van der Waals surface area contributed by atoms with Crippen molar-refractivity contribution >= 4 is 11.6 Å². The summed E-state index contributed by atoms with van der Waals surface area (Å²) in [6.07, 6.45) is 2.21. The normalized spacial score (nSPS) is 16.0. The van der Waals surface area contributed by atoms with Gasteiger partial charge >= 0.3 is 0 Å². The number of hydrogen-bond acceptors (Lipinski definition) is 3. The maximum Gasteiger partial charge on any atom is 0.185 e.